The van der Waals surface area contributed by atoms with Crippen molar-refractivity contribution >= 4 is 45.1 Å². The third kappa shape index (κ3) is 4.87. The van der Waals surface area contributed by atoms with Gasteiger partial charge >= 0.3 is 15.6 Å². The molecule has 174 valence electrons. The fourth-order valence-electron chi connectivity index (χ4n) is 4.18. The van der Waals surface area contributed by atoms with Crippen LogP contribution in [0.5, 0.6) is 11.5 Å². The Balaban J connectivity index is 2.78. The monoisotopic (exact) mass is 544 g/mol. The van der Waals surface area contributed by atoms with Crippen molar-refractivity contribution in [1.29, 1.82) is 0 Å². The topological polar surface area (TPSA) is 52.6 Å². The summed E-state index contributed by atoms with van der Waals surface area (Å²) in [5.41, 5.74) is -5.16. The molecule has 0 saturated carbocycles. The number of alkyl halides is 3. The van der Waals surface area contributed by atoms with Crippen molar-refractivity contribution in [2.45, 2.75) is 63.7 Å². The molecular formula is C20H25BrF4O4SSi. The Morgan fingerprint density at radius 1 is 0.968 bits per heavy atom. The lowest BCUT2D eigenvalue weighted by atomic mass is 10.1. The molecule has 0 aromatic heterocycles. The van der Waals surface area contributed by atoms with Crippen LogP contribution in [0.25, 0.3) is 10.8 Å². The number of rotatable bonds is 7. The van der Waals surface area contributed by atoms with Crippen LogP contribution < -0.4 is 8.61 Å². The molecule has 0 amide bonds. The van der Waals surface area contributed by atoms with Crippen LogP contribution >= 0.6 is 15.9 Å². The first-order chi connectivity index (χ1) is 14.0. The zero-order valence-corrected chi connectivity index (χ0v) is 21.4. The number of benzene rings is 2. The van der Waals surface area contributed by atoms with E-state index < -0.39 is 35.5 Å². The highest BCUT2D eigenvalue weighted by Gasteiger charge is 2.49. The summed E-state index contributed by atoms with van der Waals surface area (Å²) in [6, 6.07) is 5.10. The number of fused-ring (bicyclic) bond motifs is 1. The summed E-state index contributed by atoms with van der Waals surface area (Å²) in [5.74, 6) is -1.25. The Morgan fingerprint density at radius 2 is 1.48 bits per heavy atom. The molecule has 0 atom stereocenters. The third-order valence-electron chi connectivity index (χ3n) is 5.43. The molecule has 31 heavy (non-hydrogen) atoms. The molecule has 0 heterocycles. The summed E-state index contributed by atoms with van der Waals surface area (Å²) in [7, 11) is -8.48. The maximum Gasteiger partial charge on any atom is 0.534 e. The summed E-state index contributed by atoms with van der Waals surface area (Å²) in [6.07, 6.45) is 0. The van der Waals surface area contributed by atoms with Gasteiger partial charge < -0.3 is 8.61 Å². The van der Waals surface area contributed by atoms with Gasteiger partial charge in [0.15, 0.2) is 5.75 Å². The zero-order valence-electron chi connectivity index (χ0n) is 18.0. The molecule has 0 radical (unpaired) electrons. The molecule has 0 fully saturated rings. The number of hydrogen-bond acceptors (Lipinski definition) is 4. The van der Waals surface area contributed by atoms with Crippen LogP contribution in [0.2, 0.25) is 16.6 Å². The van der Waals surface area contributed by atoms with Gasteiger partial charge in [-0.1, -0.05) is 47.6 Å². The molecule has 0 unspecified atom stereocenters. The minimum absolute atomic E-state index is 0.133. The van der Waals surface area contributed by atoms with Crippen LogP contribution in [0, 0.1) is 5.82 Å². The fraction of sp³-hybridized carbons (Fsp3) is 0.500. The molecule has 11 heteroatoms. The molecule has 0 spiro atoms. The van der Waals surface area contributed by atoms with Gasteiger partial charge in [-0.15, -0.1) is 0 Å². The SMILES string of the molecule is CC(C)[Si](Oc1cc(OS(=O)(=O)C(F)(F)F)c2c(Br)c(F)ccc2c1)(C(C)C)C(C)C. The van der Waals surface area contributed by atoms with Gasteiger partial charge in [-0.2, -0.15) is 21.6 Å². The average Bonchev–Trinajstić information content (AvgIpc) is 2.60. The first-order valence-electron chi connectivity index (χ1n) is 9.66. The molecule has 0 bridgehead atoms. The van der Waals surface area contributed by atoms with Gasteiger partial charge in [-0.25, -0.2) is 4.39 Å². The van der Waals surface area contributed by atoms with Gasteiger partial charge in [0.05, 0.1) is 4.47 Å². The van der Waals surface area contributed by atoms with E-state index in [9.17, 15) is 26.0 Å². The average molecular weight is 545 g/mol. The van der Waals surface area contributed by atoms with Gasteiger partial charge in [-0.3, -0.25) is 0 Å². The van der Waals surface area contributed by atoms with Gasteiger partial charge in [0, 0.05) is 11.5 Å². The van der Waals surface area contributed by atoms with Gasteiger partial charge in [0.2, 0.25) is 0 Å². The molecular weight excluding hydrogens is 520 g/mol. The highest BCUT2D eigenvalue weighted by molar-refractivity contribution is 9.10. The summed E-state index contributed by atoms with van der Waals surface area (Å²) in [5, 5.41) is 0.142. The Bertz CT molecular complexity index is 1050. The van der Waals surface area contributed by atoms with Crippen molar-refractivity contribution < 1.29 is 34.6 Å². The Morgan fingerprint density at radius 3 is 1.94 bits per heavy atom. The summed E-state index contributed by atoms with van der Waals surface area (Å²) < 4.78 is 87.1. The van der Waals surface area contributed by atoms with E-state index in [0.29, 0.717) is 0 Å². The van der Waals surface area contributed by atoms with Gasteiger partial charge in [0.1, 0.15) is 11.6 Å². The van der Waals surface area contributed by atoms with Crippen molar-refractivity contribution in [1.82, 2.24) is 0 Å². The van der Waals surface area contributed by atoms with Crippen molar-refractivity contribution in [3.05, 3.63) is 34.6 Å². The second kappa shape index (κ2) is 8.90. The second-order valence-electron chi connectivity index (χ2n) is 8.28. The minimum atomic E-state index is -5.97. The predicted octanol–water partition coefficient (Wildman–Crippen LogP) is 7.52. The van der Waals surface area contributed by atoms with Crippen LogP contribution in [0.1, 0.15) is 41.5 Å². The van der Waals surface area contributed by atoms with Crippen molar-refractivity contribution in [2.24, 2.45) is 0 Å². The standard InChI is InChI=1S/C20H25BrF4O4SSi/c1-11(2)31(12(3)4,13(5)6)29-15-9-14-7-8-16(22)19(21)18(14)17(10-15)28-30(26,27)20(23,24)25/h7-13H,1-6H3. The molecule has 0 aliphatic carbocycles. The highest BCUT2D eigenvalue weighted by Crippen LogP contribution is 2.45. The van der Waals surface area contributed by atoms with Crippen LogP contribution in [0.3, 0.4) is 0 Å². The lowest BCUT2D eigenvalue weighted by Crippen LogP contribution is -2.50. The number of hydrogen-bond donors (Lipinski definition) is 0. The molecule has 4 nitrogen and oxygen atoms in total. The molecule has 2 aromatic rings. The third-order valence-corrected chi connectivity index (χ3v) is 13.2. The summed E-state index contributed by atoms with van der Waals surface area (Å²) >= 11 is 2.98. The van der Waals surface area contributed by atoms with E-state index in [1.807, 2.05) is 41.5 Å². The van der Waals surface area contributed by atoms with Gasteiger partial charge in [-0.05, 0) is 50.1 Å². The Labute approximate surface area is 189 Å². The van der Waals surface area contributed by atoms with Crippen LogP contribution in [0.15, 0.2) is 28.7 Å². The number of halogens is 5. The largest absolute Gasteiger partial charge is 0.543 e. The molecule has 0 aliphatic heterocycles. The minimum Gasteiger partial charge on any atom is -0.543 e. The predicted molar refractivity (Wildman–Crippen MR) is 119 cm³/mol. The van der Waals surface area contributed by atoms with E-state index in [1.54, 1.807) is 6.07 Å². The first-order valence-corrected chi connectivity index (χ1v) is 14.0. The van der Waals surface area contributed by atoms with Crippen molar-refractivity contribution in [3.63, 3.8) is 0 Å². The molecule has 2 aromatic carbocycles. The zero-order chi connectivity index (χ0) is 23.9. The molecule has 2 rings (SSSR count). The van der Waals surface area contributed by atoms with E-state index in [4.69, 9.17) is 4.43 Å². The van der Waals surface area contributed by atoms with E-state index >= 15 is 0 Å². The fourth-order valence-corrected chi connectivity index (χ4v) is 10.4. The van der Waals surface area contributed by atoms with E-state index in [0.717, 1.165) is 12.1 Å². The lowest BCUT2D eigenvalue weighted by Gasteiger charge is -2.42. The van der Waals surface area contributed by atoms with Crippen molar-refractivity contribution in [3.8, 4) is 11.5 Å². The smallest absolute Gasteiger partial charge is 0.534 e. The van der Waals surface area contributed by atoms with Crippen LogP contribution in [-0.4, -0.2) is 22.2 Å². The van der Waals surface area contributed by atoms with Crippen molar-refractivity contribution in [2.75, 3.05) is 0 Å². The molecule has 0 N–H and O–H groups in total. The maximum absolute atomic E-state index is 14.1. The first kappa shape index (κ1) is 25.9. The van der Waals surface area contributed by atoms with E-state index in [-0.39, 0.29) is 37.6 Å². The summed E-state index contributed by atoms with van der Waals surface area (Å²) in [4.78, 5) is 0. The maximum atomic E-state index is 14.1. The highest BCUT2D eigenvalue weighted by atomic mass is 79.9. The molecule has 0 saturated heterocycles. The Kier molecular flexibility index (Phi) is 7.44. The normalized spacial score (nSPS) is 13.5. The second-order valence-corrected chi connectivity index (χ2v) is 16.0. The lowest BCUT2D eigenvalue weighted by molar-refractivity contribution is -0.0499. The van der Waals surface area contributed by atoms with E-state index in [2.05, 4.69) is 20.1 Å². The van der Waals surface area contributed by atoms with Crippen LogP contribution in [-0.2, 0) is 10.1 Å². The summed E-state index contributed by atoms with van der Waals surface area (Å²) in [6.45, 7) is 12.2. The molecule has 0 aliphatic rings. The van der Waals surface area contributed by atoms with Gasteiger partial charge in [0.25, 0.3) is 8.32 Å². The van der Waals surface area contributed by atoms with Crippen LogP contribution in [0.4, 0.5) is 17.6 Å². The Hall–Kier alpha value is -1.33. The quantitative estimate of drug-likeness (QED) is 0.156. The van der Waals surface area contributed by atoms with E-state index in [1.165, 1.54) is 6.07 Å².